The Morgan fingerprint density at radius 3 is 2.50 bits per heavy atom. The molecule has 0 radical (unpaired) electrons. The van der Waals surface area contributed by atoms with Crippen molar-refractivity contribution in [1.29, 1.82) is 0 Å². The molecular formula is C30H43FN4O5. The number of primary amides is 1. The summed E-state index contributed by atoms with van der Waals surface area (Å²) in [6, 6.07) is 3.80. The van der Waals surface area contributed by atoms with Crippen molar-refractivity contribution in [3.05, 3.63) is 35.1 Å². The third-order valence-corrected chi connectivity index (χ3v) is 9.04. The molecule has 1 aromatic rings. The lowest BCUT2D eigenvalue weighted by Gasteiger charge is -2.36. The summed E-state index contributed by atoms with van der Waals surface area (Å²) in [5, 5.41) is 2.73. The molecule has 3 heterocycles. The third kappa shape index (κ3) is 6.28. The maximum absolute atomic E-state index is 15.3. The van der Waals surface area contributed by atoms with Crippen LogP contribution in [0.1, 0.15) is 76.3 Å². The SMILES string of the molecule is CC(C)(C)OC(=O)N1[C@@H]2CC[C@@H](C2)[C@H]1C(=O)N[C@@H](Cc1ccc(C2CCN(C3CCOC3)CC2)cc1F)C(N)=O. The number of ether oxygens (including phenoxy) is 2. The summed E-state index contributed by atoms with van der Waals surface area (Å²) >= 11 is 0. The number of benzene rings is 1. The molecule has 220 valence electrons. The quantitative estimate of drug-likeness (QED) is 0.532. The molecule has 5 rings (SSSR count). The number of carbonyl (C=O) groups is 3. The van der Waals surface area contributed by atoms with Gasteiger partial charge >= 0.3 is 6.09 Å². The highest BCUT2D eigenvalue weighted by Crippen LogP contribution is 2.43. The van der Waals surface area contributed by atoms with Gasteiger partial charge in [0.1, 0.15) is 23.5 Å². The molecule has 1 saturated carbocycles. The molecule has 4 aliphatic rings. The molecule has 0 aromatic heterocycles. The van der Waals surface area contributed by atoms with Crippen LogP contribution in [0.15, 0.2) is 18.2 Å². The molecule has 0 spiro atoms. The molecule has 3 amide bonds. The van der Waals surface area contributed by atoms with E-state index in [2.05, 4.69) is 10.2 Å². The molecule has 10 heteroatoms. The van der Waals surface area contributed by atoms with E-state index in [0.717, 1.165) is 70.4 Å². The van der Waals surface area contributed by atoms with Crippen molar-refractivity contribution in [2.45, 2.75) is 101 Å². The molecule has 1 aliphatic carbocycles. The Morgan fingerprint density at radius 2 is 1.88 bits per heavy atom. The number of likely N-dealkylation sites (tertiary alicyclic amines) is 2. The minimum atomic E-state index is -1.09. The largest absolute Gasteiger partial charge is 0.444 e. The highest BCUT2D eigenvalue weighted by molar-refractivity contribution is 5.91. The molecule has 3 N–H and O–H groups in total. The van der Waals surface area contributed by atoms with Crippen molar-refractivity contribution in [2.75, 3.05) is 26.3 Å². The number of piperidine rings is 2. The first-order valence-corrected chi connectivity index (χ1v) is 14.7. The van der Waals surface area contributed by atoms with Crippen molar-refractivity contribution in [2.24, 2.45) is 11.7 Å². The van der Waals surface area contributed by atoms with Crippen molar-refractivity contribution < 1.29 is 28.2 Å². The van der Waals surface area contributed by atoms with Crippen molar-refractivity contribution in [1.82, 2.24) is 15.1 Å². The van der Waals surface area contributed by atoms with E-state index in [1.807, 2.05) is 6.07 Å². The first kappa shape index (κ1) is 28.8. The minimum Gasteiger partial charge on any atom is -0.444 e. The maximum atomic E-state index is 15.3. The zero-order chi connectivity index (χ0) is 28.6. The maximum Gasteiger partial charge on any atom is 0.411 e. The van der Waals surface area contributed by atoms with Crippen LogP contribution < -0.4 is 11.1 Å². The van der Waals surface area contributed by atoms with Crippen LogP contribution in [0, 0.1) is 11.7 Å². The Hall–Kier alpha value is -2.72. The normalized spacial score (nSPS) is 28.1. The number of nitrogens with two attached hydrogens (primary N) is 1. The number of fused-ring (bicyclic) bond motifs is 2. The summed E-state index contributed by atoms with van der Waals surface area (Å²) in [6.07, 6.45) is 4.79. The van der Waals surface area contributed by atoms with E-state index < -0.39 is 41.4 Å². The molecule has 3 aliphatic heterocycles. The van der Waals surface area contributed by atoms with Gasteiger partial charge in [-0.3, -0.25) is 19.4 Å². The van der Waals surface area contributed by atoms with Crippen LogP contribution in [0.4, 0.5) is 9.18 Å². The second-order valence-electron chi connectivity index (χ2n) is 12.9. The minimum absolute atomic E-state index is 0.00493. The Labute approximate surface area is 235 Å². The molecule has 2 bridgehead atoms. The number of rotatable bonds is 7. The summed E-state index contributed by atoms with van der Waals surface area (Å²) in [5.41, 5.74) is 6.24. The summed E-state index contributed by atoms with van der Waals surface area (Å²) in [5.74, 6) is -1.31. The van der Waals surface area contributed by atoms with Crippen LogP contribution in [0.3, 0.4) is 0 Å². The fraction of sp³-hybridized carbons (Fsp3) is 0.700. The van der Waals surface area contributed by atoms with Gasteiger partial charge in [0.25, 0.3) is 0 Å². The van der Waals surface area contributed by atoms with Crippen molar-refractivity contribution in [3.8, 4) is 0 Å². The fourth-order valence-electron chi connectivity index (χ4n) is 6.99. The zero-order valence-electron chi connectivity index (χ0n) is 23.9. The van der Waals surface area contributed by atoms with Crippen molar-refractivity contribution >= 4 is 17.9 Å². The summed E-state index contributed by atoms with van der Waals surface area (Å²) in [6.45, 7) is 8.92. The van der Waals surface area contributed by atoms with Gasteiger partial charge in [-0.15, -0.1) is 0 Å². The molecule has 9 nitrogen and oxygen atoms in total. The van der Waals surface area contributed by atoms with E-state index >= 15 is 4.39 Å². The Kier molecular flexibility index (Phi) is 8.38. The van der Waals surface area contributed by atoms with E-state index in [4.69, 9.17) is 15.2 Å². The van der Waals surface area contributed by atoms with Gasteiger partial charge in [0.15, 0.2) is 0 Å². The number of nitrogens with one attached hydrogen (secondary N) is 1. The molecule has 40 heavy (non-hydrogen) atoms. The smallest absolute Gasteiger partial charge is 0.411 e. The van der Waals surface area contributed by atoms with Gasteiger partial charge in [-0.2, -0.15) is 0 Å². The van der Waals surface area contributed by atoms with Gasteiger partial charge < -0.3 is 20.5 Å². The number of halogens is 1. The average molecular weight is 559 g/mol. The summed E-state index contributed by atoms with van der Waals surface area (Å²) < 4.78 is 26.4. The van der Waals surface area contributed by atoms with Crippen LogP contribution in [0.2, 0.25) is 0 Å². The predicted molar refractivity (Wildman–Crippen MR) is 147 cm³/mol. The lowest BCUT2D eigenvalue weighted by Crippen LogP contribution is -2.57. The lowest BCUT2D eigenvalue weighted by atomic mass is 9.87. The van der Waals surface area contributed by atoms with E-state index in [0.29, 0.717) is 11.6 Å². The first-order chi connectivity index (χ1) is 19.0. The second kappa shape index (κ2) is 11.6. The second-order valence-corrected chi connectivity index (χ2v) is 12.9. The van der Waals surface area contributed by atoms with Gasteiger partial charge in [0, 0.05) is 25.1 Å². The van der Waals surface area contributed by atoms with E-state index in [1.54, 1.807) is 32.9 Å². The highest BCUT2D eigenvalue weighted by Gasteiger charge is 2.52. The number of amides is 3. The molecule has 5 atom stereocenters. The van der Waals surface area contributed by atoms with Gasteiger partial charge in [0.05, 0.1) is 6.61 Å². The molecule has 3 saturated heterocycles. The highest BCUT2D eigenvalue weighted by atomic mass is 19.1. The summed E-state index contributed by atoms with van der Waals surface area (Å²) in [4.78, 5) is 42.7. The first-order valence-electron chi connectivity index (χ1n) is 14.7. The van der Waals surface area contributed by atoms with E-state index in [1.165, 1.54) is 4.90 Å². The molecular weight excluding hydrogens is 515 g/mol. The predicted octanol–water partition coefficient (Wildman–Crippen LogP) is 3.09. The van der Waals surface area contributed by atoms with E-state index in [-0.39, 0.29) is 24.3 Å². The van der Waals surface area contributed by atoms with Crippen LogP contribution in [-0.2, 0) is 25.5 Å². The summed E-state index contributed by atoms with van der Waals surface area (Å²) in [7, 11) is 0. The molecule has 4 fully saturated rings. The Bertz CT molecular complexity index is 1110. The van der Waals surface area contributed by atoms with Gasteiger partial charge in [0.2, 0.25) is 11.8 Å². The van der Waals surface area contributed by atoms with E-state index in [9.17, 15) is 14.4 Å². The third-order valence-electron chi connectivity index (χ3n) is 9.04. The zero-order valence-corrected chi connectivity index (χ0v) is 23.9. The van der Waals surface area contributed by atoms with Crippen LogP contribution in [-0.4, -0.2) is 83.8 Å². The van der Waals surface area contributed by atoms with Crippen LogP contribution in [0.5, 0.6) is 0 Å². The topological polar surface area (TPSA) is 114 Å². The lowest BCUT2D eigenvalue weighted by molar-refractivity contribution is -0.132. The monoisotopic (exact) mass is 558 g/mol. The van der Waals surface area contributed by atoms with Gasteiger partial charge in [-0.25, -0.2) is 9.18 Å². The fourth-order valence-corrected chi connectivity index (χ4v) is 6.99. The Morgan fingerprint density at radius 1 is 1.12 bits per heavy atom. The number of carbonyl (C=O) groups excluding carboxylic acids is 3. The standard InChI is InChI=1S/C30H43FN4O5/c1-30(2,3)40-29(38)35-22-7-6-21(14-22)26(35)28(37)33-25(27(32)36)16-20-5-4-19(15-24(20)31)18-8-11-34(12-9-18)23-10-13-39-17-23/h4-5,15,18,21-23,25-26H,6-14,16-17H2,1-3H3,(H2,32,36)(H,33,37)/t21-,22+,23?,25-,26-/m0/s1. The molecule has 1 aromatic carbocycles. The number of hydrogen-bond acceptors (Lipinski definition) is 6. The Balaban J connectivity index is 1.22. The average Bonchev–Trinajstić information content (AvgIpc) is 3.66. The number of nitrogens with zero attached hydrogens (tertiary/aromatic N) is 2. The molecule has 1 unspecified atom stereocenters. The van der Waals surface area contributed by atoms with Crippen molar-refractivity contribution in [3.63, 3.8) is 0 Å². The number of hydrogen-bond donors (Lipinski definition) is 2. The van der Waals surface area contributed by atoms with Crippen LogP contribution >= 0.6 is 0 Å². The van der Waals surface area contributed by atoms with Gasteiger partial charge in [-0.1, -0.05) is 12.1 Å². The van der Waals surface area contributed by atoms with Gasteiger partial charge in [-0.05, 0) is 101 Å². The van der Waals surface area contributed by atoms with Crippen LogP contribution in [0.25, 0.3) is 0 Å².